The van der Waals surface area contributed by atoms with Gasteiger partial charge < -0.3 is 19.4 Å². The molecule has 1 N–H and O–H groups in total. The number of hydrogen-bond donors (Lipinski definition) is 1. The van der Waals surface area contributed by atoms with Crippen molar-refractivity contribution in [1.29, 1.82) is 0 Å². The smallest absolute Gasteiger partial charge is 0.417 e. The molecule has 3 aromatic carbocycles. The summed E-state index contributed by atoms with van der Waals surface area (Å²) < 4.78 is 73.6. The van der Waals surface area contributed by atoms with Gasteiger partial charge in [-0.3, -0.25) is 9.52 Å². The minimum atomic E-state index is -4.46. The SMILES string of the molecule is CCN1CCN(c2ccc(C(=O)N3CCC(c4ccc(Oc5ccc(C(F)(F)F)cn5)cc4)CC3)cc2NS(=O)(=O)Cc2ccccc2)CC1. The lowest BCUT2D eigenvalue weighted by atomic mass is 9.89. The zero-order chi connectivity index (χ0) is 35.3. The average Bonchev–Trinajstić information content (AvgIpc) is 3.12. The third-order valence-corrected chi connectivity index (χ3v) is 10.5. The van der Waals surface area contributed by atoms with Crippen molar-refractivity contribution in [2.75, 3.05) is 55.4 Å². The highest BCUT2D eigenvalue weighted by atomic mass is 32.2. The molecule has 2 saturated heterocycles. The van der Waals surface area contributed by atoms with Crippen LogP contribution in [0.15, 0.2) is 91.1 Å². The maximum absolute atomic E-state index is 13.8. The largest absolute Gasteiger partial charge is 0.439 e. The molecule has 4 aromatic rings. The summed E-state index contributed by atoms with van der Waals surface area (Å²) in [6.45, 7) is 7.39. The Morgan fingerprint density at radius 3 is 2.22 bits per heavy atom. The second kappa shape index (κ2) is 15.1. The van der Waals surface area contributed by atoms with Crippen LogP contribution in [0.25, 0.3) is 0 Å². The van der Waals surface area contributed by atoms with Crippen molar-refractivity contribution in [3.05, 3.63) is 113 Å². The molecule has 2 aliphatic rings. The van der Waals surface area contributed by atoms with Gasteiger partial charge in [-0.05, 0) is 72.8 Å². The number of ether oxygens (including phenoxy) is 1. The van der Waals surface area contributed by atoms with Gasteiger partial charge in [0.25, 0.3) is 5.91 Å². The summed E-state index contributed by atoms with van der Waals surface area (Å²) in [7, 11) is -3.76. The van der Waals surface area contributed by atoms with E-state index in [0.717, 1.165) is 69.1 Å². The highest BCUT2D eigenvalue weighted by Gasteiger charge is 2.31. The number of piperidine rings is 1. The van der Waals surface area contributed by atoms with Gasteiger partial charge in [0.15, 0.2) is 0 Å². The van der Waals surface area contributed by atoms with Gasteiger partial charge in [-0.25, -0.2) is 13.4 Å². The Balaban J connectivity index is 1.11. The zero-order valence-corrected chi connectivity index (χ0v) is 28.6. The van der Waals surface area contributed by atoms with E-state index < -0.39 is 21.8 Å². The fourth-order valence-electron chi connectivity index (χ4n) is 6.46. The van der Waals surface area contributed by atoms with E-state index in [1.807, 2.05) is 29.2 Å². The quantitative estimate of drug-likeness (QED) is 0.190. The number of nitrogens with zero attached hydrogens (tertiary/aromatic N) is 4. The van der Waals surface area contributed by atoms with Crippen molar-refractivity contribution in [3.8, 4) is 11.6 Å². The van der Waals surface area contributed by atoms with E-state index in [-0.39, 0.29) is 23.5 Å². The highest BCUT2D eigenvalue weighted by molar-refractivity contribution is 7.91. The summed E-state index contributed by atoms with van der Waals surface area (Å²) in [4.78, 5) is 23.8. The van der Waals surface area contributed by atoms with E-state index >= 15 is 0 Å². The first-order valence-electron chi connectivity index (χ1n) is 16.7. The van der Waals surface area contributed by atoms with Gasteiger partial charge in [0.1, 0.15) is 5.75 Å². The van der Waals surface area contributed by atoms with Crippen molar-refractivity contribution in [2.24, 2.45) is 0 Å². The van der Waals surface area contributed by atoms with Gasteiger partial charge in [-0.15, -0.1) is 0 Å². The number of piperazine rings is 1. The van der Waals surface area contributed by atoms with E-state index in [9.17, 15) is 26.4 Å². The molecule has 0 spiro atoms. The molecular weight excluding hydrogens is 667 g/mol. The molecular formula is C37H40F3N5O4S. The number of amides is 1. The van der Waals surface area contributed by atoms with Crippen LogP contribution < -0.4 is 14.4 Å². The molecule has 9 nitrogen and oxygen atoms in total. The van der Waals surface area contributed by atoms with Crippen LogP contribution in [0.2, 0.25) is 0 Å². The van der Waals surface area contributed by atoms with Crippen molar-refractivity contribution < 1.29 is 31.1 Å². The van der Waals surface area contributed by atoms with Crippen LogP contribution in [0.3, 0.4) is 0 Å². The third-order valence-electron chi connectivity index (χ3n) is 9.29. The van der Waals surface area contributed by atoms with Crippen molar-refractivity contribution >= 4 is 27.3 Å². The molecule has 3 heterocycles. The van der Waals surface area contributed by atoms with E-state index in [2.05, 4.69) is 26.4 Å². The Morgan fingerprint density at radius 2 is 1.60 bits per heavy atom. The fourth-order valence-corrected chi connectivity index (χ4v) is 7.67. The van der Waals surface area contributed by atoms with Crippen LogP contribution in [-0.4, -0.2) is 74.9 Å². The first-order chi connectivity index (χ1) is 24.0. The number of carbonyl (C=O) groups excluding carboxylic acids is 1. The Morgan fingerprint density at radius 1 is 0.900 bits per heavy atom. The van der Waals surface area contributed by atoms with E-state index in [1.165, 1.54) is 6.07 Å². The number of sulfonamides is 1. The fraction of sp³-hybridized carbons (Fsp3) is 0.351. The normalized spacial score (nSPS) is 16.3. The summed E-state index contributed by atoms with van der Waals surface area (Å²) >= 11 is 0. The lowest BCUT2D eigenvalue weighted by Crippen LogP contribution is -2.46. The number of benzene rings is 3. The van der Waals surface area contributed by atoms with Gasteiger partial charge in [-0.2, -0.15) is 13.2 Å². The van der Waals surface area contributed by atoms with E-state index in [0.29, 0.717) is 35.7 Å². The number of likely N-dealkylation sites (N-methyl/N-ethyl adjacent to an activating group) is 1. The molecule has 0 unspecified atom stereocenters. The zero-order valence-electron chi connectivity index (χ0n) is 27.8. The molecule has 0 radical (unpaired) electrons. The molecule has 0 atom stereocenters. The first kappa shape index (κ1) is 35.2. The molecule has 0 aliphatic carbocycles. The minimum absolute atomic E-state index is 0.0665. The summed E-state index contributed by atoms with van der Waals surface area (Å²) in [6, 6.07) is 23.8. The third kappa shape index (κ3) is 8.75. The first-order valence-corrected chi connectivity index (χ1v) is 18.4. The van der Waals surface area contributed by atoms with Crippen molar-refractivity contribution in [1.82, 2.24) is 14.8 Å². The molecule has 6 rings (SSSR count). The average molecular weight is 708 g/mol. The predicted molar refractivity (Wildman–Crippen MR) is 187 cm³/mol. The summed E-state index contributed by atoms with van der Waals surface area (Å²) in [5.41, 5.74) is 2.50. The number of hydrogen-bond acceptors (Lipinski definition) is 7. The van der Waals surface area contributed by atoms with Crippen LogP contribution >= 0.6 is 0 Å². The summed E-state index contributed by atoms with van der Waals surface area (Å²) in [5.74, 6) is 0.405. The molecule has 1 amide bonds. The molecule has 264 valence electrons. The number of halogens is 3. The van der Waals surface area contributed by atoms with Gasteiger partial charge >= 0.3 is 6.18 Å². The number of rotatable bonds is 10. The number of alkyl halides is 3. The monoisotopic (exact) mass is 707 g/mol. The van der Waals surface area contributed by atoms with E-state index in [4.69, 9.17) is 4.74 Å². The van der Waals surface area contributed by atoms with Crippen LogP contribution in [0, 0.1) is 0 Å². The van der Waals surface area contributed by atoms with Crippen LogP contribution in [0.4, 0.5) is 24.5 Å². The minimum Gasteiger partial charge on any atom is -0.439 e. The molecule has 1 aromatic heterocycles. The topological polar surface area (TPSA) is 95.1 Å². The predicted octanol–water partition coefficient (Wildman–Crippen LogP) is 7.00. The van der Waals surface area contributed by atoms with Gasteiger partial charge in [0.2, 0.25) is 15.9 Å². The highest BCUT2D eigenvalue weighted by Crippen LogP contribution is 2.34. The van der Waals surface area contributed by atoms with Crippen LogP contribution in [-0.2, 0) is 22.0 Å². The second-order valence-electron chi connectivity index (χ2n) is 12.6. The number of pyridine rings is 1. The molecule has 50 heavy (non-hydrogen) atoms. The lowest BCUT2D eigenvalue weighted by Gasteiger charge is -2.36. The summed E-state index contributed by atoms with van der Waals surface area (Å²) in [5, 5.41) is 0. The molecule has 0 bridgehead atoms. The number of carbonyl (C=O) groups is 1. The van der Waals surface area contributed by atoms with Crippen LogP contribution in [0.5, 0.6) is 11.6 Å². The Kier molecular flexibility index (Phi) is 10.6. The molecule has 2 aliphatic heterocycles. The molecule has 2 fully saturated rings. The Hall–Kier alpha value is -4.62. The van der Waals surface area contributed by atoms with Crippen molar-refractivity contribution in [3.63, 3.8) is 0 Å². The van der Waals surface area contributed by atoms with Crippen LogP contribution in [0.1, 0.15) is 52.7 Å². The number of anilines is 2. The maximum Gasteiger partial charge on any atom is 0.417 e. The summed E-state index contributed by atoms with van der Waals surface area (Å²) in [6.07, 6.45) is -2.24. The Labute approximate surface area is 290 Å². The second-order valence-corrected chi connectivity index (χ2v) is 14.3. The lowest BCUT2D eigenvalue weighted by molar-refractivity contribution is -0.137. The van der Waals surface area contributed by atoms with Gasteiger partial charge in [0, 0.05) is 57.1 Å². The number of aromatic nitrogens is 1. The number of nitrogens with one attached hydrogen (secondary N) is 1. The maximum atomic E-state index is 13.8. The van der Waals surface area contributed by atoms with Crippen molar-refractivity contribution in [2.45, 2.75) is 37.6 Å². The standard InChI is InChI=1S/C37H40F3N5O4S/c1-2-43-20-22-44(23-21-43)34-14-10-30(24-33(34)42-50(47,48)26-27-6-4-3-5-7-27)36(46)45-18-16-29(17-19-45)28-8-12-32(13-9-28)49-35-15-11-31(25-41-35)37(38,39)40/h3-15,24-25,29,42H,2,16-23,26H2,1H3. The molecule has 0 saturated carbocycles. The Bertz CT molecular complexity index is 1860. The number of likely N-dealkylation sites (tertiary alicyclic amines) is 1. The van der Waals surface area contributed by atoms with E-state index in [1.54, 1.807) is 48.5 Å². The van der Waals surface area contributed by atoms with Gasteiger partial charge in [0.05, 0.1) is 22.7 Å². The van der Waals surface area contributed by atoms with Gasteiger partial charge in [-0.1, -0.05) is 49.4 Å². The molecule has 13 heteroatoms.